The first-order valence-corrected chi connectivity index (χ1v) is 18.5. The lowest BCUT2D eigenvalue weighted by Gasteiger charge is -2.22. The smallest absolute Gasteiger partial charge is 0.339 e. The van der Waals surface area contributed by atoms with Crippen LogP contribution in [0.15, 0.2) is 11.6 Å². The van der Waals surface area contributed by atoms with Crippen molar-refractivity contribution >= 4 is 21.6 Å². The van der Waals surface area contributed by atoms with Crippen molar-refractivity contribution in [3.05, 3.63) is 45.0 Å². The van der Waals surface area contributed by atoms with Crippen LogP contribution in [-0.2, 0) is 44.2 Å². The molecular weight excluding hydrogens is 477 g/mol. The van der Waals surface area contributed by atoms with E-state index in [9.17, 15) is 9.36 Å². The maximum absolute atomic E-state index is 12.7. The highest BCUT2D eigenvalue weighted by Gasteiger charge is 2.31. The minimum atomic E-state index is -3.02. The van der Waals surface area contributed by atoms with E-state index in [-0.39, 0.29) is 5.97 Å². The summed E-state index contributed by atoms with van der Waals surface area (Å²) in [6.07, 6.45) is 5.30. The lowest BCUT2D eigenvalue weighted by Crippen LogP contribution is -2.22. The standard InChI is InChI=1S/C27H46NO5PSi/c1-9-22-21(5)25-19-31-27(29)26(25)24(14-17-35(6,7)8)23(22)13-12-20(4)18-28-15-16-34(30,32-10-2)33-11-3/h12,28H,9-11,13-19H2,1-8H3. The van der Waals surface area contributed by atoms with Gasteiger partial charge in [-0.25, -0.2) is 4.79 Å². The third-order valence-corrected chi connectivity index (χ3v) is 10.4. The second kappa shape index (κ2) is 13.3. The summed E-state index contributed by atoms with van der Waals surface area (Å²) in [7, 11) is -4.30. The van der Waals surface area contributed by atoms with E-state index < -0.39 is 15.7 Å². The molecule has 198 valence electrons. The quantitative estimate of drug-likeness (QED) is 0.0936. The Morgan fingerprint density at radius 2 is 1.77 bits per heavy atom. The largest absolute Gasteiger partial charge is 0.457 e. The van der Waals surface area contributed by atoms with Gasteiger partial charge < -0.3 is 19.1 Å². The van der Waals surface area contributed by atoms with Crippen molar-refractivity contribution in [3.63, 3.8) is 0 Å². The second-order valence-electron chi connectivity index (χ2n) is 10.5. The van der Waals surface area contributed by atoms with Crippen LogP contribution in [0.4, 0.5) is 0 Å². The van der Waals surface area contributed by atoms with Crippen molar-refractivity contribution in [2.24, 2.45) is 0 Å². The zero-order valence-electron chi connectivity index (χ0n) is 23.1. The van der Waals surface area contributed by atoms with E-state index in [0.29, 0.717) is 39.1 Å². The highest BCUT2D eigenvalue weighted by atomic mass is 31.2. The average molecular weight is 524 g/mol. The van der Waals surface area contributed by atoms with E-state index in [4.69, 9.17) is 13.8 Å². The summed E-state index contributed by atoms with van der Waals surface area (Å²) in [6.45, 7) is 19.7. The summed E-state index contributed by atoms with van der Waals surface area (Å²) in [6, 6.07) is 1.15. The third-order valence-electron chi connectivity index (χ3n) is 6.54. The molecule has 0 radical (unpaired) electrons. The molecule has 0 fully saturated rings. The van der Waals surface area contributed by atoms with Crippen LogP contribution in [0.1, 0.15) is 65.9 Å². The van der Waals surface area contributed by atoms with Crippen LogP contribution in [0, 0.1) is 6.92 Å². The molecule has 2 rings (SSSR count). The maximum Gasteiger partial charge on any atom is 0.339 e. The number of rotatable bonds is 15. The molecule has 0 unspecified atom stereocenters. The van der Waals surface area contributed by atoms with Gasteiger partial charge in [-0.05, 0) is 69.2 Å². The van der Waals surface area contributed by atoms with Crippen LogP contribution in [0.5, 0.6) is 0 Å². The Morgan fingerprint density at radius 3 is 2.34 bits per heavy atom. The van der Waals surface area contributed by atoms with Gasteiger partial charge in [-0.15, -0.1) is 0 Å². The van der Waals surface area contributed by atoms with Crippen molar-refractivity contribution in [1.29, 1.82) is 0 Å². The SMILES string of the molecule is CCOP(=O)(CCNCC(C)=CCc1c(CC)c(C)c2c(c1CC[Si](C)(C)C)C(=O)OC2)OCC. The molecule has 0 aromatic heterocycles. The monoisotopic (exact) mass is 523 g/mol. The van der Waals surface area contributed by atoms with Crippen LogP contribution in [0.3, 0.4) is 0 Å². The lowest BCUT2D eigenvalue weighted by molar-refractivity contribution is 0.0534. The molecule has 0 amide bonds. The molecule has 1 aromatic rings. The molecule has 1 heterocycles. The Labute approximate surface area is 213 Å². The van der Waals surface area contributed by atoms with Gasteiger partial charge in [-0.3, -0.25) is 4.57 Å². The number of hydrogen-bond donors (Lipinski definition) is 1. The normalized spacial score (nSPS) is 14.4. The minimum absolute atomic E-state index is 0.159. The van der Waals surface area contributed by atoms with Gasteiger partial charge in [0.25, 0.3) is 0 Å². The lowest BCUT2D eigenvalue weighted by atomic mass is 9.84. The van der Waals surface area contributed by atoms with E-state index in [2.05, 4.69) is 51.8 Å². The number of esters is 1. The highest BCUT2D eigenvalue weighted by Crippen LogP contribution is 2.47. The van der Waals surface area contributed by atoms with E-state index in [0.717, 1.165) is 36.4 Å². The van der Waals surface area contributed by atoms with Crippen LogP contribution < -0.4 is 5.32 Å². The Kier molecular flexibility index (Phi) is 11.4. The van der Waals surface area contributed by atoms with E-state index in [1.165, 1.54) is 27.8 Å². The number of cyclic esters (lactones) is 1. The van der Waals surface area contributed by atoms with E-state index in [1.807, 2.05) is 13.8 Å². The molecule has 0 atom stereocenters. The van der Waals surface area contributed by atoms with Crippen molar-refractivity contribution in [1.82, 2.24) is 5.32 Å². The Balaban J connectivity index is 2.20. The summed E-state index contributed by atoms with van der Waals surface area (Å²) in [4.78, 5) is 12.7. The molecule has 0 saturated carbocycles. The Hall–Kier alpha value is -1.24. The molecule has 35 heavy (non-hydrogen) atoms. The van der Waals surface area contributed by atoms with Gasteiger partial charge in [0, 0.05) is 26.7 Å². The summed E-state index contributed by atoms with van der Waals surface area (Å²) in [5.74, 6) is -0.159. The summed E-state index contributed by atoms with van der Waals surface area (Å²) >= 11 is 0. The van der Waals surface area contributed by atoms with Gasteiger partial charge in [0.15, 0.2) is 0 Å². The number of nitrogens with one attached hydrogen (secondary N) is 1. The topological polar surface area (TPSA) is 73.9 Å². The zero-order valence-corrected chi connectivity index (χ0v) is 25.0. The molecule has 6 nitrogen and oxygen atoms in total. The molecule has 0 spiro atoms. The van der Waals surface area contributed by atoms with Gasteiger partial charge in [0.05, 0.1) is 24.9 Å². The molecular formula is C27H46NO5PSi. The highest BCUT2D eigenvalue weighted by molar-refractivity contribution is 7.53. The van der Waals surface area contributed by atoms with Crippen molar-refractivity contribution in [2.75, 3.05) is 32.5 Å². The second-order valence-corrected chi connectivity index (χ2v) is 18.3. The number of ether oxygens (including phenoxy) is 1. The zero-order chi connectivity index (χ0) is 26.2. The van der Waals surface area contributed by atoms with Gasteiger partial charge in [-0.2, -0.15) is 0 Å². The number of allylic oxidation sites excluding steroid dienone is 1. The van der Waals surface area contributed by atoms with Crippen molar-refractivity contribution in [3.8, 4) is 0 Å². The molecule has 0 aliphatic carbocycles. The molecule has 0 bridgehead atoms. The maximum atomic E-state index is 12.7. The summed E-state index contributed by atoms with van der Waals surface area (Å²) in [5, 5.41) is 3.37. The fourth-order valence-corrected chi connectivity index (χ4v) is 7.21. The summed E-state index contributed by atoms with van der Waals surface area (Å²) in [5.41, 5.74) is 8.23. The predicted molar refractivity (Wildman–Crippen MR) is 148 cm³/mol. The van der Waals surface area contributed by atoms with Crippen LogP contribution >= 0.6 is 7.60 Å². The molecule has 1 aliphatic rings. The van der Waals surface area contributed by atoms with E-state index >= 15 is 0 Å². The average Bonchev–Trinajstić information content (AvgIpc) is 3.16. The van der Waals surface area contributed by atoms with Gasteiger partial charge in [0.2, 0.25) is 0 Å². The molecule has 1 aromatic carbocycles. The number of carbonyl (C=O) groups excluding carboxylic acids is 1. The third kappa shape index (κ3) is 8.39. The van der Waals surface area contributed by atoms with Crippen molar-refractivity contribution < 1.29 is 23.1 Å². The minimum Gasteiger partial charge on any atom is -0.457 e. The molecule has 0 saturated heterocycles. The first kappa shape index (κ1) is 30.0. The van der Waals surface area contributed by atoms with Gasteiger partial charge >= 0.3 is 13.6 Å². The number of hydrogen-bond acceptors (Lipinski definition) is 6. The molecule has 1 aliphatic heterocycles. The predicted octanol–water partition coefficient (Wildman–Crippen LogP) is 6.45. The number of carbonyl (C=O) groups is 1. The van der Waals surface area contributed by atoms with Crippen LogP contribution in [0.25, 0.3) is 0 Å². The van der Waals surface area contributed by atoms with Gasteiger partial charge in [-0.1, -0.05) is 44.3 Å². The fraction of sp³-hybridized carbons (Fsp3) is 0.667. The van der Waals surface area contributed by atoms with Crippen LogP contribution in [-0.4, -0.2) is 46.5 Å². The van der Waals surface area contributed by atoms with Crippen LogP contribution in [0.2, 0.25) is 25.7 Å². The molecule has 1 N–H and O–H groups in total. The van der Waals surface area contributed by atoms with Crippen molar-refractivity contribution in [2.45, 2.75) is 86.2 Å². The Bertz CT molecular complexity index is 958. The Morgan fingerprint density at radius 1 is 1.11 bits per heavy atom. The molecule has 8 heteroatoms. The summed E-state index contributed by atoms with van der Waals surface area (Å²) < 4.78 is 28.8. The van der Waals surface area contributed by atoms with Gasteiger partial charge in [0.1, 0.15) is 6.61 Å². The first-order valence-electron chi connectivity index (χ1n) is 13.0. The fourth-order valence-electron chi connectivity index (χ4n) is 4.66. The number of benzene rings is 1. The number of fused-ring (bicyclic) bond motifs is 1. The van der Waals surface area contributed by atoms with E-state index in [1.54, 1.807) is 0 Å². The first-order chi connectivity index (χ1) is 16.5.